The van der Waals surface area contributed by atoms with Crippen LogP contribution in [0.5, 0.6) is 5.75 Å². The topological polar surface area (TPSA) is 9.23 Å². The summed E-state index contributed by atoms with van der Waals surface area (Å²) < 4.78 is 6.56. The predicted molar refractivity (Wildman–Crippen MR) is 59.6 cm³/mol. The van der Waals surface area contributed by atoms with Crippen LogP contribution in [0.2, 0.25) is 0 Å². The van der Waals surface area contributed by atoms with Crippen LogP contribution in [-0.2, 0) is 0 Å². The Balaban J connectivity index is 0.00000196. The number of benzene rings is 1. The zero-order chi connectivity index (χ0) is 10.6. The van der Waals surface area contributed by atoms with Crippen molar-refractivity contribution in [2.75, 3.05) is 34.3 Å². The molecule has 0 saturated heterocycles. The Labute approximate surface area is 110 Å². The van der Waals surface area contributed by atoms with Crippen molar-refractivity contribution in [2.45, 2.75) is 6.92 Å². The summed E-state index contributed by atoms with van der Waals surface area (Å²) in [5.41, 5.74) is 1.27. The molecule has 0 aromatic heterocycles. The van der Waals surface area contributed by atoms with Crippen molar-refractivity contribution in [1.29, 1.82) is 0 Å². The molecule has 3 heteroatoms. The highest BCUT2D eigenvalue weighted by Gasteiger charge is 2.06. The van der Waals surface area contributed by atoms with Crippen LogP contribution in [0.1, 0.15) is 5.56 Å². The number of hydrogen-bond donors (Lipinski definition) is 0. The summed E-state index contributed by atoms with van der Waals surface area (Å²) >= 11 is 0. The van der Waals surface area contributed by atoms with E-state index >= 15 is 0 Å². The summed E-state index contributed by atoms with van der Waals surface area (Å²) in [5, 5.41) is 0. The molecule has 86 valence electrons. The highest BCUT2D eigenvalue weighted by atomic mass is 127. The Morgan fingerprint density at radius 1 is 1.07 bits per heavy atom. The number of halogens is 1. The lowest BCUT2D eigenvalue weighted by Gasteiger charge is -2.23. The number of nitrogens with zero attached hydrogens (tertiary/aromatic N) is 1. The van der Waals surface area contributed by atoms with E-state index in [1.165, 1.54) is 5.56 Å². The highest BCUT2D eigenvalue weighted by molar-refractivity contribution is 5.26. The van der Waals surface area contributed by atoms with Gasteiger partial charge in [-0.05, 0) is 19.1 Å². The van der Waals surface area contributed by atoms with Crippen molar-refractivity contribution >= 4 is 0 Å². The largest absolute Gasteiger partial charge is 1.00 e. The molecule has 2 nitrogen and oxygen atoms in total. The van der Waals surface area contributed by atoms with Crippen molar-refractivity contribution in [3.8, 4) is 5.75 Å². The van der Waals surface area contributed by atoms with Gasteiger partial charge in [0.25, 0.3) is 0 Å². The fraction of sp³-hybridized carbons (Fsp3) is 0.500. The van der Waals surface area contributed by atoms with E-state index in [-0.39, 0.29) is 24.0 Å². The van der Waals surface area contributed by atoms with Crippen LogP contribution in [0.4, 0.5) is 0 Å². The van der Waals surface area contributed by atoms with Gasteiger partial charge >= 0.3 is 0 Å². The molecule has 0 amide bonds. The van der Waals surface area contributed by atoms with Crippen LogP contribution in [0.3, 0.4) is 0 Å². The number of ether oxygens (including phenoxy) is 1. The molecule has 1 aromatic carbocycles. The van der Waals surface area contributed by atoms with Gasteiger partial charge < -0.3 is 33.2 Å². The molecule has 1 aromatic rings. The first kappa shape index (κ1) is 14.7. The summed E-state index contributed by atoms with van der Waals surface area (Å²) in [6.07, 6.45) is 0. The van der Waals surface area contributed by atoms with Gasteiger partial charge in [-0.15, -0.1) is 0 Å². The van der Waals surface area contributed by atoms with Crippen LogP contribution in [0.15, 0.2) is 24.3 Å². The maximum Gasteiger partial charge on any atom is 0.137 e. The molecule has 0 heterocycles. The Morgan fingerprint density at radius 2 is 1.60 bits per heavy atom. The molecule has 0 aliphatic heterocycles. The second-order valence-electron chi connectivity index (χ2n) is 4.68. The molecule has 0 radical (unpaired) electrons. The number of quaternary nitrogens is 1. The van der Waals surface area contributed by atoms with Crippen molar-refractivity contribution in [2.24, 2.45) is 0 Å². The summed E-state index contributed by atoms with van der Waals surface area (Å²) in [4.78, 5) is 0. The van der Waals surface area contributed by atoms with Crippen molar-refractivity contribution in [3.05, 3.63) is 29.8 Å². The van der Waals surface area contributed by atoms with Crippen LogP contribution < -0.4 is 28.7 Å². The second kappa shape index (κ2) is 6.33. The molecule has 0 aliphatic rings. The maximum atomic E-state index is 5.62. The summed E-state index contributed by atoms with van der Waals surface area (Å²) in [5.74, 6) is 0.962. The Hall–Kier alpha value is -0.290. The molecule has 0 N–H and O–H groups in total. The van der Waals surface area contributed by atoms with Gasteiger partial charge in [-0.3, -0.25) is 0 Å². The fourth-order valence-electron chi connectivity index (χ4n) is 1.07. The van der Waals surface area contributed by atoms with E-state index < -0.39 is 0 Å². The Kier molecular flexibility index (Phi) is 6.20. The van der Waals surface area contributed by atoms with Crippen LogP contribution in [0.25, 0.3) is 0 Å². The quantitative estimate of drug-likeness (QED) is 0.515. The van der Waals surface area contributed by atoms with Gasteiger partial charge in [0.15, 0.2) is 0 Å². The third kappa shape index (κ3) is 6.73. The normalized spacial score (nSPS) is 10.7. The predicted octanol–water partition coefficient (Wildman–Crippen LogP) is -0.916. The molecular formula is C12H20INO. The number of aryl methyl sites for hydroxylation is 1. The maximum absolute atomic E-state index is 5.62. The van der Waals surface area contributed by atoms with Gasteiger partial charge in [0.05, 0.1) is 21.1 Å². The Bertz CT molecular complexity index is 277. The fourth-order valence-corrected chi connectivity index (χ4v) is 1.07. The van der Waals surface area contributed by atoms with Crippen LogP contribution in [-0.4, -0.2) is 38.8 Å². The van der Waals surface area contributed by atoms with Gasteiger partial charge in [0.1, 0.15) is 18.9 Å². The van der Waals surface area contributed by atoms with E-state index in [0.717, 1.165) is 23.4 Å². The molecule has 0 unspecified atom stereocenters. The number of hydrogen-bond acceptors (Lipinski definition) is 1. The standard InChI is InChI=1S/C12H20NO.HI/c1-11-5-7-12(8-6-11)14-10-9-13(2,3)4;/h5-8H,9-10H2,1-4H3;1H/q+1;/p-1. The van der Waals surface area contributed by atoms with E-state index in [1.807, 2.05) is 12.1 Å². The smallest absolute Gasteiger partial charge is 0.137 e. The third-order valence-electron chi connectivity index (χ3n) is 2.05. The first-order valence-electron chi connectivity index (χ1n) is 4.97. The molecule has 0 bridgehead atoms. The molecule has 0 aliphatic carbocycles. The second-order valence-corrected chi connectivity index (χ2v) is 4.68. The zero-order valence-electron chi connectivity index (χ0n) is 9.96. The molecular weight excluding hydrogens is 301 g/mol. The van der Waals surface area contributed by atoms with E-state index in [2.05, 4.69) is 40.2 Å². The van der Waals surface area contributed by atoms with Gasteiger partial charge in [-0.25, -0.2) is 0 Å². The zero-order valence-corrected chi connectivity index (χ0v) is 12.1. The summed E-state index contributed by atoms with van der Waals surface area (Å²) in [6, 6.07) is 8.18. The monoisotopic (exact) mass is 321 g/mol. The van der Waals surface area contributed by atoms with E-state index in [1.54, 1.807) is 0 Å². The lowest BCUT2D eigenvalue weighted by molar-refractivity contribution is -0.870. The van der Waals surface area contributed by atoms with Gasteiger partial charge in [0.2, 0.25) is 0 Å². The highest BCUT2D eigenvalue weighted by Crippen LogP contribution is 2.11. The third-order valence-corrected chi connectivity index (χ3v) is 2.05. The van der Waals surface area contributed by atoms with Crippen molar-refractivity contribution in [3.63, 3.8) is 0 Å². The van der Waals surface area contributed by atoms with Crippen molar-refractivity contribution < 1.29 is 33.2 Å². The molecule has 1 rings (SSSR count). The van der Waals surface area contributed by atoms with Crippen LogP contribution >= 0.6 is 0 Å². The van der Waals surface area contributed by atoms with Gasteiger partial charge in [-0.2, -0.15) is 0 Å². The molecule has 0 fully saturated rings. The summed E-state index contributed by atoms with van der Waals surface area (Å²) in [6.45, 7) is 3.87. The van der Waals surface area contributed by atoms with Gasteiger partial charge in [0, 0.05) is 0 Å². The van der Waals surface area contributed by atoms with Crippen molar-refractivity contribution in [1.82, 2.24) is 0 Å². The summed E-state index contributed by atoms with van der Waals surface area (Å²) in [7, 11) is 6.50. The number of likely N-dealkylation sites (N-methyl/N-ethyl adjacent to an activating group) is 1. The SMILES string of the molecule is Cc1ccc(OCC[N+](C)(C)C)cc1.[I-]. The first-order chi connectivity index (χ1) is 6.47. The van der Waals surface area contributed by atoms with E-state index in [0.29, 0.717) is 0 Å². The lowest BCUT2D eigenvalue weighted by Crippen LogP contribution is -3.00. The molecule has 0 saturated carbocycles. The molecule has 0 atom stereocenters. The average molecular weight is 321 g/mol. The minimum atomic E-state index is 0. The Morgan fingerprint density at radius 3 is 2.07 bits per heavy atom. The first-order valence-corrected chi connectivity index (χ1v) is 4.97. The van der Waals surface area contributed by atoms with Crippen LogP contribution in [0, 0.1) is 6.92 Å². The number of rotatable bonds is 4. The minimum Gasteiger partial charge on any atom is -1.00 e. The molecule has 0 spiro atoms. The minimum absolute atomic E-state index is 0. The average Bonchev–Trinajstić information content (AvgIpc) is 2.06. The molecule has 15 heavy (non-hydrogen) atoms. The van der Waals surface area contributed by atoms with E-state index in [4.69, 9.17) is 4.74 Å². The van der Waals surface area contributed by atoms with E-state index in [9.17, 15) is 0 Å². The lowest BCUT2D eigenvalue weighted by atomic mass is 10.2. The van der Waals surface area contributed by atoms with Gasteiger partial charge in [-0.1, -0.05) is 17.7 Å².